The van der Waals surface area contributed by atoms with Gasteiger partial charge in [-0.3, -0.25) is 19.2 Å². The minimum absolute atomic E-state index is 0.253. The molecule has 2 aliphatic carbocycles. The van der Waals surface area contributed by atoms with Crippen LogP contribution in [0.25, 0.3) is 0 Å². The average molecular weight is 571 g/mol. The van der Waals surface area contributed by atoms with Crippen molar-refractivity contribution in [1.82, 2.24) is 0 Å². The standard InChI is InChI=1S/C28H39ClO10/c1-13(2)24(32)38-18-9-8-14(3)20(29)22-28(34,15(4)25(33)39-22)23(37-17(6)31)21-26(18,7)19(36-16(5)30)10-11-27(21)12-35-27/h13,15,18-23,34H,3,8-12H2,1-2,4-7H3. The number of rotatable bonds is 4. The van der Waals surface area contributed by atoms with E-state index >= 15 is 0 Å². The van der Waals surface area contributed by atoms with Gasteiger partial charge in [0.25, 0.3) is 0 Å². The number of ether oxygens (including phenoxy) is 5. The summed E-state index contributed by atoms with van der Waals surface area (Å²) in [7, 11) is 0. The number of hydrogen-bond donors (Lipinski definition) is 1. The molecular weight excluding hydrogens is 532 g/mol. The Balaban J connectivity index is 2.00. The van der Waals surface area contributed by atoms with Gasteiger partial charge in [0.1, 0.15) is 18.3 Å². The number of carbonyl (C=O) groups excluding carboxylic acids is 4. The van der Waals surface area contributed by atoms with Crippen molar-refractivity contribution in [3.63, 3.8) is 0 Å². The van der Waals surface area contributed by atoms with Crippen LogP contribution in [0.15, 0.2) is 12.2 Å². The number of halogens is 1. The molecule has 0 radical (unpaired) electrons. The zero-order valence-corrected chi connectivity index (χ0v) is 24.1. The van der Waals surface area contributed by atoms with E-state index in [-0.39, 0.29) is 19.4 Å². The Morgan fingerprint density at radius 3 is 2.23 bits per heavy atom. The summed E-state index contributed by atoms with van der Waals surface area (Å²) in [6.45, 7) is 13.6. The SMILES string of the molecule is C=C1CCC(OC(=O)C(C)C)C2(C)C(OC(C)=O)CCC3(CO3)C2C(OC(C)=O)C2(O)C(C)C(=O)OC2C1Cl. The lowest BCUT2D eigenvalue weighted by Gasteiger charge is -2.57. The summed E-state index contributed by atoms with van der Waals surface area (Å²) in [6.07, 6.45) is -2.98. The molecule has 0 amide bonds. The molecule has 1 spiro atoms. The fraction of sp³-hybridized carbons (Fsp3) is 0.786. The summed E-state index contributed by atoms with van der Waals surface area (Å²) in [5.74, 6) is -4.84. The Kier molecular flexibility index (Phi) is 7.90. The van der Waals surface area contributed by atoms with Crippen molar-refractivity contribution in [2.45, 2.75) is 108 Å². The van der Waals surface area contributed by atoms with Crippen LogP contribution in [-0.4, -0.2) is 76.6 Å². The van der Waals surface area contributed by atoms with E-state index in [9.17, 15) is 24.3 Å². The van der Waals surface area contributed by atoms with E-state index in [2.05, 4.69) is 6.58 Å². The van der Waals surface area contributed by atoms with Crippen LogP contribution in [0.1, 0.15) is 67.2 Å². The zero-order valence-electron chi connectivity index (χ0n) is 23.4. The first-order valence-electron chi connectivity index (χ1n) is 13.5. The minimum atomic E-state index is -2.09. The lowest BCUT2D eigenvalue weighted by Crippen LogP contribution is -2.70. The Bertz CT molecular complexity index is 1050. The third-order valence-corrected chi connectivity index (χ3v) is 9.73. The molecule has 0 aromatic carbocycles. The van der Waals surface area contributed by atoms with Crippen LogP contribution in [-0.2, 0) is 42.9 Å². The smallest absolute Gasteiger partial charge is 0.312 e. The second kappa shape index (κ2) is 10.3. The van der Waals surface area contributed by atoms with Gasteiger partial charge in [0, 0.05) is 19.8 Å². The number of fused-ring (bicyclic) bond motifs is 3. The number of carbonyl (C=O) groups is 4. The van der Waals surface area contributed by atoms with Gasteiger partial charge >= 0.3 is 23.9 Å². The summed E-state index contributed by atoms with van der Waals surface area (Å²) in [4.78, 5) is 50.9. The van der Waals surface area contributed by atoms with Gasteiger partial charge < -0.3 is 28.8 Å². The molecule has 4 rings (SSSR count). The molecule has 0 aromatic rings. The molecule has 218 valence electrons. The summed E-state index contributed by atoms with van der Waals surface area (Å²) >= 11 is 6.81. The van der Waals surface area contributed by atoms with E-state index in [1.54, 1.807) is 13.8 Å². The summed E-state index contributed by atoms with van der Waals surface area (Å²) < 4.78 is 29.6. The van der Waals surface area contributed by atoms with Crippen LogP contribution in [0.5, 0.6) is 0 Å². The van der Waals surface area contributed by atoms with Crippen LogP contribution in [0.3, 0.4) is 0 Å². The fourth-order valence-electron chi connectivity index (χ4n) is 6.93. The zero-order chi connectivity index (χ0) is 29.1. The van der Waals surface area contributed by atoms with Crippen LogP contribution in [0.4, 0.5) is 0 Å². The Morgan fingerprint density at radius 2 is 1.69 bits per heavy atom. The number of hydrogen-bond acceptors (Lipinski definition) is 10. The highest BCUT2D eigenvalue weighted by Gasteiger charge is 2.75. The highest BCUT2D eigenvalue weighted by atomic mass is 35.5. The van der Waals surface area contributed by atoms with Crippen molar-refractivity contribution in [1.29, 1.82) is 0 Å². The van der Waals surface area contributed by atoms with Crippen molar-refractivity contribution >= 4 is 35.5 Å². The normalized spacial score (nSPS) is 43.7. The maximum absolute atomic E-state index is 13.0. The molecule has 10 atom stereocenters. The third kappa shape index (κ3) is 4.86. The predicted molar refractivity (Wildman–Crippen MR) is 137 cm³/mol. The largest absolute Gasteiger partial charge is 0.462 e. The van der Waals surface area contributed by atoms with Gasteiger partial charge in [0.2, 0.25) is 0 Å². The second-order valence-corrected chi connectivity index (χ2v) is 12.5. The van der Waals surface area contributed by atoms with E-state index in [4.69, 9.17) is 35.3 Å². The van der Waals surface area contributed by atoms with Crippen molar-refractivity contribution in [2.75, 3.05) is 6.61 Å². The maximum atomic E-state index is 13.0. The average Bonchev–Trinajstić information content (AvgIpc) is 3.58. The first kappa shape index (κ1) is 29.8. The maximum Gasteiger partial charge on any atom is 0.312 e. The summed E-state index contributed by atoms with van der Waals surface area (Å²) in [5, 5.41) is 11.5. The molecule has 10 unspecified atom stereocenters. The Hall–Kier alpha value is -2.17. The number of esters is 4. The van der Waals surface area contributed by atoms with Gasteiger partial charge in [-0.15, -0.1) is 11.6 Å². The Labute approximate surface area is 233 Å². The molecular formula is C28H39ClO10. The van der Waals surface area contributed by atoms with Crippen molar-refractivity contribution < 1.29 is 48.0 Å². The van der Waals surface area contributed by atoms with Crippen molar-refractivity contribution in [3.05, 3.63) is 12.2 Å². The van der Waals surface area contributed by atoms with Gasteiger partial charge in [-0.2, -0.15) is 0 Å². The fourth-order valence-corrected chi connectivity index (χ4v) is 7.29. The lowest BCUT2D eigenvalue weighted by atomic mass is 9.52. The first-order chi connectivity index (χ1) is 18.1. The number of aliphatic hydroxyl groups is 1. The summed E-state index contributed by atoms with van der Waals surface area (Å²) in [6, 6.07) is 0. The number of alkyl halides is 1. The minimum Gasteiger partial charge on any atom is -0.462 e. The summed E-state index contributed by atoms with van der Waals surface area (Å²) in [5.41, 5.74) is -3.74. The molecule has 0 aromatic heterocycles. The molecule has 11 heteroatoms. The molecule has 2 saturated carbocycles. The highest BCUT2D eigenvalue weighted by Crippen LogP contribution is 2.62. The molecule has 1 N–H and O–H groups in total. The highest BCUT2D eigenvalue weighted by molar-refractivity contribution is 6.23. The van der Waals surface area contributed by atoms with Crippen LogP contribution in [0, 0.1) is 23.2 Å². The van der Waals surface area contributed by atoms with Crippen LogP contribution >= 0.6 is 11.6 Å². The van der Waals surface area contributed by atoms with E-state index < -0.39 is 88.0 Å². The van der Waals surface area contributed by atoms with Crippen LogP contribution in [0.2, 0.25) is 0 Å². The van der Waals surface area contributed by atoms with Crippen LogP contribution < -0.4 is 0 Å². The van der Waals surface area contributed by atoms with Crippen molar-refractivity contribution in [3.8, 4) is 0 Å². The molecule has 4 fully saturated rings. The molecule has 2 aliphatic heterocycles. The van der Waals surface area contributed by atoms with E-state index in [0.717, 1.165) is 0 Å². The Morgan fingerprint density at radius 1 is 1.10 bits per heavy atom. The molecule has 2 heterocycles. The van der Waals surface area contributed by atoms with E-state index in [0.29, 0.717) is 18.4 Å². The second-order valence-electron chi connectivity index (χ2n) is 12.0. The topological polar surface area (TPSA) is 138 Å². The van der Waals surface area contributed by atoms with Gasteiger partial charge in [-0.05, 0) is 32.6 Å². The van der Waals surface area contributed by atoms with Gasteiger partial charge in [0.05, 0.1) is 34.8 Å². The molecule has 4 aliphatic rings. The van der Waals surface area contributed by atoms with Crippen molar-refractivity contribution in [2.24, 2.45) is 23.2 Å². The van der Waals surface area contributed by atoms with Gasteiger partial charge in [-0.25, -0.2) is 0 Å². The van der Waals surface area contributed by atoms with Gasteiger partial charge in [-0.1, -0.05) is 32.9 Å². The monoisotopic (exact) mass is 570 g/mol. The molecule has 10 nitrogen and oxygen atoms in total. The number of epoxide rings is 1. The van der Waals surface area contributed by atoms with Gasteiger partial charge in [0.15, 0.2) is 11.7 Å². The third-order valence-electron chi connectivity index (χ3n) is 9.19. The van der Waals surface area contributed by atoms with E-state index in [1.165, 1.54) is 20.8 Å². The molecule has 0 bridgehead atoms. The predicted octanol–water partition coefficient (Wildman–Crippen LogP) is 2.85. The van der Waals surface area contributed by atoms with E-state index in [1.807, 2.05) is 6.92 Å². The quantitative estimate of drug-likeness (QED) is 0.176. The first-order valence-corrected chi connectivity index (χ1v) is 14.0. The molecule has 2 saturated heterocycles. The molecule has 39 heavy (non-hydrogen) atoms. The lowest BCUT2D eigenvalue weighted by molar-refractivity contribution is -0.245.